The molecule has 1 amide bonds. The van der Waals surface area contributed by atoms with Crippen molar-refractivity contribution in [2.45, 2.75) is 0 Å². The van der Waals surface area contributed by atoms with Gasteiger partial charge in [-0.15, -0.1) is 0 Å². The number of non-ortho nitro benzene ring substituents is 1. The molecule has 0 atom stereocenters. The molecule has 0 aromatic heterocycles. The maximum Gasteiger partial charge on any atom is 0.341 e. The summed E-state index contributed by atoms with van der Waals surface area (Å²) in [5.74, 6) is -0.935. The lowest BCUT2D eigenvalue weighted by Gasteiger charge is -2.09. The van der Waals surface area contributed by atoms with Crippen LogP contribution < -0.4 is 14.8 Å². The van der Waals surface area contributed by atoms with E-state index in [0.29, 0.717) is 17.2 Å². The van der Waals surface area contributed by atoms with Crippen molar-refractivity contribution in [1.29, 1.82) is 0 Å². The van der Waals surface area contributed by atoms with Gasteiger partial charge in [-0.05, 0) is 24.3 Å². The Balaban J connectivity index is 1.86. The first-order valence-corrected chi connectivity index (χ1v) is 7.06. The van der Waals surface area contributed by atoms with E-state index in [2.05, 4.69) is 5.32 Å². The topological polar surface area (TPSA) is 128 Å². The van der Waals surface area contributed by atoms with Gasteiger partial charge in [0, 0.05) is 23.9 Å². The third-order valence-corrected chi connectivity index (χ3v) is 2.90. The third-order valence-electron chi connectivity index (χ3n) is 2.90. The number of carboxylic acids is 1. The molecule has 2 N–H and O–H groups in total. The number of nitrogens with one attached hydrogen (secondary N) is 1. The Hall–Kier alpha value is -3.62. The number of nitro benzene ring substituents is 1. The second-order valence-electron chi connectivity index (χ2n) is 4.80. The summed E-state index contributed by atoms with van der Waals surface area (Å²) >= 11 is 0. The number of amides is 1. The number of hydrogen-bond acceptors (Lipinski definition) is 6. The van der Waals surface area contributed by atoms with Crippen molar-refractivity contribution in [2.75, 3.05) is 18.5 Å². The van der Waals surface area contributed by atoms with Crippen LogP contribution in [0, 0.1) is 10.1 Å². The summed E-state index contributed by atoms with van der Waals surface area (Å²) in [7, 11) is 0. The minimum atomic E-state index is -1.11. The fraction of sp³-hybridized carbons (Fsp3) is 0.125. The van der Waals surface area contributed by atoms with Crippen molar-refractivity contribution < 1.29 is 29.1 Å². The number of carbonyl (C=O) groups excluding carboxylic acids is 1. The van der Waals surface area contributed by atoms with E-state index >= 15 is 0 Å². The van der Waals surface area contributed by atoms with E-state index < -0.39 is 23.4 Å². The summed E-state index contributed by atoms with van der Waals surface area (Å²) in [6, 6.07) is 11.6. The second kappa shape index (κ2) is 8.29. The highest BCUT2D eigenvalue weighted by Crippen LogP contribution is 2.19. The third kappa shape index (κ3) is 5.82. The van der Waals surface area contributed by atoms with Crippen LogP contribution in [0.15, 0.2) is 48.5 Å². The van der Waals surface area contributed by atoms with Crippen LogP contribution in [0.1, 0.15) is 0 Å². The Morgan fingerprint density at radius 3 is 2.36 bits per heavy atom. The summed E-state index contributed by atoms with van der Waals surface area (Å²) in [4.78, 5) is 32.3. The van der Waals surface area contributed by atoms with Gasteiger partial charge in [0.2, 0.25) is 0 Å². The van der Waals surface area contributed by atoms with Crippen LogP contribution in [0.2, 0.25) is 0 Å². The van der Waals surface area contributed by atoms with Crippen molar-refractivity contribution in [2.24, 2.45) is 0 Å². The Morgan fingerprint density at radius 1 is 1.04 bits per heavy atom. The maximum atomic E-state index is 11.9. The van der Waals surface area contributed by atoms with Gasteiger partial charge in [-0.2, -0.15) is 0 Å². The first-order valence-electron chi connectivity index (χ1n) is 7.06. The molecule has 0 aliphatic carbocycles. The van der Waals surface area contributed by atoms with Crippen LogP contribution in [0.25, 0.3) is 0 Å². The zero-order valence-electron chi connectivity index (χ0n) is 12.9. The Kier molecular flexibility index (Phi) is 5.88. The number of hydrogen-bond donors (Lipinski definition) is 2. The van der Waals surface area contributed by atoms with E-state index in [9.17, 15) is 19.7 Å². The first kappa shape index (κ1) is 17.7. The summed E-state index contributed by atoms with van der Waals surface area (Å²) in [6.45, 7) is -0.779. The van der Waals surface area contributed by atoms with Gasteiger partial charge in [0.25, 0.3) is 11.6 Å². The summed E-state index contributed by atoms with van der Waals surface area (Å²) < 4.78 is 10.3. The minimum absolute atomic E-state index is 0.0741. The quantitative estimate of drug-likeness (QED) is 0.553. The van der Waals surface area contributed by atoms with E-state index in [1.165, 1.54) is 30.3 Å². The molecule has 2 rings (SSSR count). The van der Waals surface area contributed by atoms with Gasteiger partial charge >= 0.3 is 5.97 Å². The fourth-order valence-electron chi connectivity index (χ4n) is 1.82. The molecular weight excluding hydrogens is 332 g/mol. The van der Waals surface area contributed by atoms with E-state index in [1.807, 2.05) is 0 Å². The average Bonchev–Trinajstić information content (AvgIpc) is 2.59. The molecular formula is C16H14N2O7. The highest BCUT2D eigenvalue weighted by atomic mass is 16.6. The number of anilines is 1. The Morgan fingerprint density at radius 2 is 1.72 bits per heavy atom. The molecule has 2 aromatic rings. The van der Waals surface area contributed by atoms with Crippen LogP contribution in [0.5, 0.6) is 11.5 Å². The fourth-order valence-corrected chi connectivity index (χ4v) is 1.82. The Bertz CT molecular complexity index is 774. The zero-order valence-corrected chi connectivity index (χ0v) is 12.9. The highest BCUT2D eigenvalue weighted by Gasteiger charge is 2.08. The van der Waals surface area contributed by atoms with Gasteiger partial charge in [-0.1, -0.05) is 6.07 Å². The van der Waals surface area contributed by atoms with Gasteiger partial charge in [0.15, 0.2) is 13.2 Å². The van der Waals surface area contributed by atoms with Crippen molar-refractivity contribution >= 4 is 23.3 Å². The molecule has 0 fully saturated rings. The zero-order chi connectivity index (χ0) is 18.2. The number of nitro groups is 1. The van der Waals surface area contributed by atoms with E-state index in [4.69, 9.17) is 14.6 Å². The number of benzene rings is 2. The number of nitrogens with zero attached hydrogens (tertiary/aromatic N) is 1. The van der Waals surface area contributed by atoms with Gasteiger partial charge < -0.3 is 19.9 Å². The average molecular weight is 346 g/mol. The first-order chi connectivity index (χ1) is 11.9. The highest BCUT2D eigenvalue weighted by molar-refractivity contribution is 5.92. The summed E-state index contributed by atoms with van der Waals surface area (Å²) in [5.41, 5.74) is 0.343. The Labute approximate surface area is 141 Å². The normalized spacial score (nSPS) is 9.92. The lowest BCUT2D eigenvalue weighted by Crippen LogP contribution is -2.20. The van der Waals surface area contributed by atoms with E-state index in [-0.39, 0.29) is 12.3 Å². The smallest absolute Gasteiger partial charge is 0.341 e. The number of carbonyl (C=O) groups is 2. The van der Waals surface area contributed by atoms with E-state index in [0.717, 1.165) is 0 Å². The lowest BCUT2D eigenvalue weighted by atomic mass is 10.3. The maximum absolute atomic E-state index is 11.9. The molecule has 0 unspecified atom stereocenters. The molecule has 0 aliphatic heterocycles. The minimum Gasteiger partial charge on any atom is -0.484 e. The van der Waals surface area contributed by atoms with Gasteiger partial charge in [-0.3, -0.25) is 14.9 Å². The van der Waals surface area contributed by atoms with Gasteiger partial charge in [-0.25, -0.2) is 4.79 Å². The van der Waals surface area contributed by atoms with Crippen LogP contribution in [-0.2, 0) is 9.59 Å². The SMILES string of the molecule is O=C(O)COc1cccc(NC(=O)COc2ccc([N+](=O)[O-])cc2)c1. The molecule has 0 aliphatic rings. The van der Waals surface area contributed by atoms with E-state index in [1.54, 1.807) is 18.2 Å². The largest absolute Gasteiger partial charge is 0.484 e. The molecule has 130 valence electrons. The molecule has 2 aromatic carbocycles. The molecule has 0 saturated carbocycles. The number of ether oxygens (including phenoxy) is 2. The van der Waals surface area contributed by atoms with Crippen LogP contribution in [-0.4, -0.2) is 35.1 Å². The number of rotatable bonds is 8. The monoisotopic (exact) mass is 346 g/mol. The van der Waals surface area contributed by atoms with Crippen molar-refractivity contribution in [3.63, 3.8) is 0 Å². The van der Waals surface area contributed by atoms with Crippen LogP contribution >= 0.6 is 0 Å². The molecule has 9 nitrogen and oxygen atoms in total. The molecule has 0 saturated heterocycles. The molecule has 0 spiro atoms. The van der Waals surface area contributed by atoms with Crippen LogP contribution in [0.3, 0.4) is 0 Å². The van der Waals surface area contributed by atoms with Crippen LogP contribution in [0.4, 0.5) is 11.4 Å². The van der Waals surface area contributed by atoms with Crippen molar-refractivity contribution in [3.8, 4) is 11.5 Å². The summed E-state index contributed by atoms with van der Waals surface area (Å²) in [5, 5.41) is 21.7. The number of carboxylic acid groups (broad SMARTS) is 1. The predicted molar refractivity (Wildman–Crippen MR) is 86.8 cm³/mol. The predicted octanol–water partition coefficient (Wildman–Crippen LogP) is 2.08. The van der Waals surface area contributed by atoms with Gasteiger partial charge in [0.1, 0.15) is 11.5 Å². The van der Waals surface area contributed by atoms with Crippen molar-refractivity contribution in [3.05, 3.63) is 58.6 Å². The molecule has 0 radical (unpaired) electrons. The number of aliphatic carboxylic acids is 1. The lowest BCUT2D eigenvalue weighted by molar-refractivity contribution is -0.384. The second-order valence-corrected chi connectivity index (χ2v) is 4.80. The molecule has 0 heterocycles. The molecule has 25 heavy (non-hydrogen) atoms. The van der Waals surface area contributed by atoms with Gasteiger partial charge in [0.05, 0.1) is 4.92 Å². The van der Waals surface area contributed by atoms with Crippen molar-refractivity contribution in [1.82, 2.24) is 0 Å². The molecule has 0 bridgehead atoms. The molecule has 9 heteroatoms. The summed E-state index contributed by atoms with van der Waals surface area (Å²) in [6.07, 6.45) is 0. The standard InChI is InChI=1S/C16H14N2O7/c19-15(9-24-13-6-4-12(5-7-13)18(22)23)17-11-2-1-3-14(8-11)25-10-16(20)21/h1-8H,9-10H2,(H,17,19)(H,20,21).